The molecule has 0 aliphatic carbocycles. The molecule has 0 saturated carbocycles. The van der Waals surface area contributed by atoms with Crippen molar-refractivity contribution in [1.29, 1.82) is 0 Å². The number of nitrogen functional groups attached to an aromatic ring is 1. The number of nitrogens with one attached hydrogen (secondary N) is 1. The minimum absolute atomic E-state index is 0.0308. The van der Waals surface area contributed by atoms with Crippen LogP contribution in [0.2, 0.25) is 0 Å². The van der Waals surface area contributed by atoms with Gasteiger partial charge in [-0.1, -0.05) is 11.8 Å². The Morgan fingerprint density at radius 3 is 3.06 bits per heavy atom. The molecule has 1 aromatic heterocycles. The molecule has 5 nitrogen and oxygen atoms in total. The number of amides is 1. The number of aromatic nitrogens is 1. The molecule has 6 heteroatoms. The number of hydrogen-bond acceptors (Lipinski definition) is 5. The zero-order chi connectivity index (χ0) is 13.1. The van der Waals surface area contributed by atoms with Crippen molar-refractivity contribution in [3.05, 3.63) is 18.2 Å². The molecule has 0 atom stereocenters. The predicted molar refractivity (Wildman–Crippen MR) is 72.4 cm³/mol. The van der Waals surface area contributed by atoms with Crippen molar-refractivity contribution < 1.29 is 9.21 Å². The van der Waals surface area contributed by atoms with E-state index in [0.717, 1.165) is 5.52 Å². The molecule has 18 heavy (non-hydrogen) atoms. The molecule has 96 valence electrons. The van der Waals surface area contributed by atoms with Crippen LogP contribution in [0.1, 0.15) is 13.8 Å². The van der Waals surface area contributed by atoms with E-state index >= 15 is 0 Å². The van der Waals surface area contributed by atoms with Gasteiger partial charge in [0.25, 0.3) is 5.22 Å². The molecule has 0 aliphatic rings. The predicted octanol–water partition coefficient (Wildman–Crippen LogP) is 2.03. The third-order valence-corrected chi connectivity index (χ3v) is 3.00. The number of rotatable bonds is 4. The van der Waals surface area contributed by atoms with E-state index in [1.54, 1.807) is 18.2 Å². The SMILES string of the molecule is CC(C)NC(=O)CSc1nc2ccc(N)cc2o1. The second kappa shape index (κ2) is 5.30. The van der Waals surface area contributed by atoms with Crippen LogP contribution in [0.25, 0.3) is 11.1 Å². The van der Waals surface area contributed by atoms with Crippen LogP contribution < -0.4 is 11.1 Å². The first-order chi connectivity index (χ1) is 8.54. The minimum Gasteiger partial charge on any atom is -0.431 e. The van der Waals surface area contributed by atoms with Crippen LogP contribution in [0.3, 0.4) is 0 Å². The van der Waals surface area contributed by atoms with Gasteiger partial charge in [-0.15, -0.1) is 0 Å². The fourth-order valence-electron chi connectivity index (χ4n) is 1.47. The molecule has 2 rings (SSSR count). The number of nitrogens with two attached hydrogens (primary N) is 1. The topological polar surface area (TPSA) is 81.2 Å². The molecular weight excluding hydrogens is 250 g/mol. The maximum absolute atomic E-state index is 11.5. The zero-order valence-electron chi connectivity index (χ0n) is 10.3. The number of anilines is 1. The lowest BCUT2D eigenvalue weighted by atomic mass is 10.3. The van der Waals surface area contributed by atoms with Crippen LogP contribution in [0.15, 0.2) is 27.8 Å². The molecule has 0 unspecified atom stereocenters. The van der Waals surface area contributed by atoms with Crippen LogP contribution in [0.5, 0.6) is 0 Å². The Labute approximate surface area is 109 Å². The van der Waals surface area contributed by atoms with Gasteiger partial charge in [-0.25, -0.2) is 4.98 Å². The number of oxazole rings is 1. The van der Waals surface area contributed by atoms with E-state index in [1.165, 1.54) is 11.8 Å². The molecule has 1 heterocycles. The maximum Gasteiger partial charge on any atom is 0.257 e. The van der Waals surface area contributed by atoms with Crippen LogP contribution in [0, 0.1) is 0 Å². The third kappa shape index (κ3) is 3.16. The molecule has 0 aliphatic heterocycles. The monoisotopic (exact) mass is 265 g/mol. The summed E-state index contributed by atoms with van der Waals surface area (Å²) in [6.45, 7) is 3.84. The summed E-state index contributed by atoms with van der Waals surface area (Å²) < 4.78 is 5.50. The number of nitrogens with zero attached hydrogens (tertiary/aromatic N) is 1. The Morgan fingerprint density at radius 1 is 1.56 bits per heavy atom. The van der Waals surface area contributed by atoms with E-state index in [0.29, 0.717) is 22.2 Å². The fraction of sp³-hybridized carbons (Fsp3) is 0.333. The van der Waals surface area contributed by atoms with Crippen LogP contribution in [0.4, 0.5) is 5.69 Å². The first kappa shape index (κ1) is 12.8. The Bertz CT molecular complexity index is 565. The molecule has 0 radical (unpaired) electrons. The van der Waals surface area contributed by atoms with E-state index < -0.39 is 0 Å². The highest BCUT2D eigenvalue weighted by Gasteiger charge is 2.10. The summed E-state index contributed by atoms with van der Waals surface area (Å²) in [5.74, 6) is 0.261. The molecule has 0 fully saturated rings. The van der Waals surface area contributed by atoms with Crippen molar-refractivity contribution in [2.45, 2.75) is 25.1 Å². The van der Waals surface area contributed by atoms with Crippen LogP contribution in [-0.4, -0.2) is 22.7 Å². The van der Waals surface area contributed by atoms with Crippen LogP contribution >= 0.6 is 11.8 Å². The number of benzene rings is 1. The second-order valence-corrected chi connectivity index (χ2v) is 5.14. The molecule has 1 aromatic carbocycles. The minimum atomic E-state index is -0.0308. The molecule has 2 aromatic rings. The summed E-state index contributed by atoms with van der Waals surface area (Å²) in [4.78, 5) is 15.7. The van der Waals surface area contributed by atoms with Gasteiger partial charge in [-0.2, -0.15) is 0 Å². The largest absolute Gasteiger partial charge is 0.431 e. The van der Waals surface area contributed by atoms with Crippen LogP contribution in [-0.2, 0) is 4.79 Å². The normalized spacial score (nSPS) is 11.1. The highest BCUT2D eigenvalue weighted by Crippen LogP contribution is 2.24. The zero-order valence-corrected chi connectivity index (χ0v) is 11.1. The Morgan fingerprint density at radius 2 is 2.33 bits per heavy atom. The number of hydrogen-bond donors (Lipinski definition) is 2. The Hall–Kier alpha value is -1.69. The van der Waals surface area contributed by atoms with E-state index in [9.17, 15) is 4.79 Å². The average molecular weight is 265 g/mol. The Kier molecular flexibility index (Phi) is 3.76. The van der Waals surface area contributed by atoms with Crippen molar-refractivity contribution in [2.24, 2.45) is 0 Å². The first-order valence-electron chi connectivity index (χ1n) is 5.63. The summed E-state index contributed by atoms with van der Waals surface area (Å²) in [5, 5.41) is 3.29. The van der Waals surface area contributed by atoms with E-state index in [4.69, 9.17) is 10.2 Å². The van der Waals surface area contributed by atoms with Gasteiger partial charge in [-0.05, 0) is 26.0 Å². The van der Waals surface area contributed by atoms with Gasteiger partial charge in [0.1, 0.15) is 5.52 Å². The van der Waals surface area contributed by atoms with Gasteiger partial charge < -0.3 is 15.5 Å². The van der Waals surface area contributed by atoms with Gasteiger partial charge in [0.2, 0.25) is 5.91 Å². The van der Waals surface area contributed by atoms with Crippen molar-refractivity contribution in [3.63, 3.8) is 0 Å². The smallest absolute Gasteiger partial charge is 0.257 e. The molecule has 1 amide bonds. The molecule has 0 saturated heterocycles. The highest BCUT2D eigenvalue weighted by atomic mass is 32.2. The van der Waals surface area contributed by atoms with Crippen molar-refractivity contribution in [3.8, 4) is 0 Å². The van der Waals surface area contributed by atoms with Gasteiger partial charge in [-0.3, -0.25) is 4.79 Å². The third-order valence-electron chi connectivity index (χ3n) is 2.17. The summed E-state index contributed by atoms with van der Waals surface area (Å²) in [6.07, 6.45) is 0. The van der Waals surface area contributed by atoms with Crippen molar-refractivity contribution in [2.75, 3.05) is 11.5 Å². The highest BCUT2D eigenvalue weighted by molar-refractivity contribution is 7.99. The second-order valence-electron chi connectivity index (χ2n) is 4.22. The maximum atomic E-state index is 11.5. The first-order valence-corrected chi connectivity index (χ1v) is 6.61. The number of thioether (sulfide) groups is 1. The molecule has 0 bridgehead atoms. The fourth-order valence-corrected chi connectivity index (χ4v) is 2.12. The molecule has 0 spiro atoms. The van der Waals surface area contributed by atoms with E-state index in [-0.39, 0.29) is 11.9 Å². The number of fused-ring (bicyclic) bond motifs is 1. The standard InChI is InChI=1S/C12H15N3O2S/c1-7(2)14-11(16)6-18-12-15-9-4-3-8(13)5-10(9)17-12/h3-5,7H,6,13H2,1-2H3,(H,14,16). The van der Waals surface area contributed by atoms with E-state index in [1.807, 2.05) is 13.8 Å². The quantitative estimate of drug-likeness (QED) is 0.653. The molecular formula is C12H15N3O2S. The van der Waals surface area contributed by atoms with Gasteiger partial charge in [0.05, 0.1) is 5.75 Å². The summed E-state index contributed by atoms with van der Waals surface area (Å²) in [7, 11) is 0. The summed E-state index contributed by atoms with van der Waals surface area (Å²) >= 11 is 1.27. The van der Waals surface area contributed by atoms with Gasteiger partial charge in [0, 0.05) is 17.8 Å². The van der Waals surface area contributed by atoms with E-state index in [2.05, 4.69) is 10.3 Å². The lowest BCUT2D eigenvalue weighted by molar-refractivity contribution is -0.119. The lowest BCUT2D eigenvalue weighted by Crippen LogP contribution is -2.31. The number of carbonyl (C=O) groups is 1. The molecule has 3 N–H and O–H groups in total. The van der Waals surface area contributed by atoms with Crippen molar-refractivity contribution >= 4 is 34.5 Å². The van der Waals surface area contributed by atoms with Gasteiger partial charge >= 0.3 is 0 Å². The summed E-state index contributed by atoms with van der Waals surface area (Å²) in [5.41, 5.74) is 7.67. The van der Waals surface area contributed by atoms with Crippen molar-refractivity contribution in [1.82, 2.24) is 10.3 Å². The lowest BCUT2D eigenvalue weighted by Gasteiger charge is -2.06. The Balaban J connectivity index is 2.02. The van der Waals surface area contributed by atoms with Gasteiger partial charge in [0.15, 0.2) is 5.58 Å². The number of carbonyl (C=O) groups excluding carboxylic acids is 1. The summed E-state index contributed by atoms with van der Waals surface area (Å²) in [6, 6.07) is 5.43. The average Bonchev–Trinajstić information content (AvgIpc) is 2.67.